The Morgan fingerprint density at radius 1 is 1.12 bits per heavy atom. The zero-order chi connectivity index (χ0) is 19.2. The second-order valence-corrected chi connectivity index (χ2v) is 6.97. The molecule has 1 aliphatic rings. The summed E-state index contributed by atoms with van der Waals surface area (Å²) in [6.45, 7) is 1.03. The van der Waals surface area contributed by atoms with Crippen LogP contribution >= 0.6 is 0 Å². The van der Waals surface area contributed by atoms with Crippen molar-refractivity contribution < 1.29 is 23.9 Å². The molecule has 1 fully saturated rings. The lowest BCUT2D eigenvalue weighted by Gasteiger charge is -2.27. The van der Waals surface area contributed by atoms with Crippen LogP contribution in [0.15, 0.2) is 24.3 Å². The number of carbonyl (C=O) groups is 3. The first-order valence-electron chi connectivity index (χ1n) is 8.88. The first kappa shape index (κ1) is 19.9. The predicted octanol–water partition coefficient (Wildman–Crippen LogP) is 2.33. The highest BCUT2D eigenvalue weighted by atomic mass is 19.1. The Morgan fingerprint density at radius 3 is 2.31 bits per heavy atom. The van der Waals surface area contributed by atoms with Crippen molar-refractivity contribution in [2.75, 3.05) is 6.54 Å². The number of hydrogen-bond donors (Lipinski definition) is 3. The van der Waals surface area contributed by atoms with Crippen LogP contribution in [0.2, 0.25) is 0 Å². The van der Waals surface area contributed by atoms with E-state index >= 15 is 0 Å². The highest BCUT2D eigenvalue weighted by molar-refractivity contribution is 5.90. The number of carboxylic acid groups (broad SMARTS) is 1. The fraction of sp³-hybridized carbons (Fsp3) is 0.526. The molecule has 0 bridgehead atoms. The molecule has 142 valence electrons. The van der Waals surface area contributed by atoms with Gasteiger partial charge in [-0.2, -0.15) is 0 Å². The van der Waals surface area contributed by atoms with Crippen LogP contribution in [0.25, 0.3) is 0 Å². The fourth-order valence-electron chi connectivity index (χ4n) is 3.26. The molecular formula is C19H25FN2O4. The van der Waals surface area contributed by atoms with Gasteiger partial charge in [-0.1, -0.05) is 31.4 Å². The first-order valence-corrected chi connectivity index (χ1v) is 8.88. The van der Waals surface area contributed by atoms with Crippen LogP contribution < -0.4 is 10.6 Å². The van der Waals surface area contributed by atoms with Gasteiger partial charge in [0.2, 0.25) is 11.8 Å². The van der Waals surface area contributed by atoms with E-state index in [1.165, 1.54) is 25.5 Å². The molecule has 2 amide bonds. The number of rotatable bonds is 7. The monoisotopic (exact) mass is 364 g/mol. The summed E-state index contributed by atoms with van der Waals surface area (Å²) in [4.78, 5) is 35.8. The molecule has 0 aromatic heterocycles. The molecule has 0 radical (unpaired) electrons. The van der Waals surface area contributed by atoms with Crippen molar-refractivity contribution >= 4 is 17.8 Å². The van der Waals surface area contributed by atoms with Crippen LogP contribution in [0.4, 0.5) is 4.39 Å². The molecule has 1 aromatic carbocycles. The highest BCUT2D eigenvalue weighted by Gasteiger charge is 2.36. The standard InChI is InChI=1S/C19H25FN2O4/c1-19(18(25)26,14-7-9-15(20)10-8-14)22-17(24)12-21-16(23)11-13-5-3-2-4-6-13/h7-10,13H,2-6,11-12H2,1H3,(H,21,23)(H,22,24)(H,25,26). The molecule has 7 heteroatoms. The average molecular weight is 364 g/mol. The van der Waals surface area contributed by atoms with Crippen molar-refractivity contribution in [1.82, 2.24) is 10.6 Å². The normalized spacial score (nSPS) is 17.2. The number of hydrogen-bond acceptors (Lipinski definition) is 3. The van der Waals surface area contributed by atoms with Gasteiger partial charge in [0.25, 0.3) is 0 Å². The number of carbonyl (C=O) groups excluding carboxylic acids is 2. The van der Waals surface area contributed by atoms with E-state index in [-0.39, 0.29) is 18.0 Å². The summed E-state index contributed by atoms with van der Waals surface area (Å²) in [5.74, 6) is -2.23. The number of carboxylic acids is 1. The van der Waals surface area contributed by atoms with E-state index in [4.69, 9.17) is 0 Å². The zero-order valence-corrected chi connectivity index (χ0v) is 14.9. The minimum Gasteiger partial charge on any atom is -0.479 e. The number of halogens is 1. The molecule has 0 heterocycles. The molecule has 26 heavy (non-hydrogen) atoms. The lowest BCUT2D eigenvalue weighted by Crippen LogP contribution is -2.52. The molecule has 3 N–H and O–H groups in total. The third-order valence-electron chi connectivity index (χ3n) is 4.88. The van der Waals surface area contributed by atoms with Gasteiger partial charge >= 0.3 is 5.97 Å². The van der Waals surface area contributed by atoms with Gasteiger partial charge in [0.1, 0.15) is 5.82 Å². The van der Waals surface area contributed by atoms with Crippen molar-refractivity contribution in [3.8, 4) is 0 Å². The molecular weight excluding hydrogens is 339 g/mol. The van der Waals surface area contributed by atoms with E-state index in [1.807, 2.05) is 0 Å². The van der Waals surface area contributed by atoms with Gasteiger partial charge in [-0.15, -0.1) is 0 Å². The van der Waals surface area contributed by atoms with Crippen molar-refractivity contribution in [1.29, 1.82) is 0 Å². The third-order valence-corrected chi connectivity index (χ3v) is 4.88. The number of nitrogens with one attached hydrogen (secondary N) is 2. The van der Waals surface area contributed by atoms with Crippen molar-refractivity contribution in [2.24, 2.45) is 5.92 Å². The minimum absolute atomic E-state index is 0.203. The molecule has 2 rings (SSSR count). The van der Waals surface area contributed by atoms with E-state index in [1.54, 1.807) is 0 Å². The van der Waals surface area contributed by atoms with Gasteiger partial charge in [0.05, 0.1) is 6.54 Å². The molecule has 6 nitrogen and oxygen atoms in total. The highest BCUT2D eigenvalue weighted by Crippen LogP contribution is 2.26. The summed E-state index contributed by atoms with van der Waals surface area (Å²) in [5, 5.41) is 14.5. The second kappa shape index (κ2) is 8.78. The zero-order valence-electron chi connectivity index (χ0n) is 14.9. The largest absolute Gasteiger partial charge is 0.479 e. The number of benzene rings is 1. The minimum atomic E-state index is -1.71. The lowest BCUT2D eigenvalue weighted by molar-refractivity contribution is -0.147. The summed E-state index contributed by atoms with van der Waals surface area (Å²) in [5.41, 5.74) is -1.47. The van der Waals surface area contributed by atoms with Crippen LogP contribution in [0.5, 0.6) is 0 Å². The van der Waals surface area contributed by atoms with Crippen molar-refractivity contribution in [3.05, 3.63) is 35.6 Å². The molecule has 1 aromatic rings. The van der Waals surface area contributed by atoms with Gasteiger partial charge in [0.15, 0.2) is 5.54 Å². The molecule has 0 aliphatic heterocycles. The number of amides is 2. The van der Waals surface area contributed by atoms with E-state index in [9.17, 15) is 23.9 Å². The van der Waals surface area contributed by atoms with Gasteiger partial charge in [-0.3, -0.25) is 9.59 Å². The molecule has 1 atom stereocenters. The topological polar surface area (TPSA) is 95.5 Å². The average Bonchev–Trinajstić information content (AvgIpc) is 2.61. The van der Waals surface area contributed by atoms with Crippen molar-refractivity contribution in [2.45, 2.75) is 51.0 Å². The van der Waals surface area contributed by atoms with E-state index in [2.05, 4.69) is 10.6 Å². The van der Waals surface area contributed by atoms with Crippen LogP contribution in [-0.2, 0) is 19.9 Å². The van der Waals surface area contributed by atoms with Crippen LogP contribution in [0.3, 0.4) is 0 Å². The quantitative estimate of drug-likeness (QED) is 0.692. The maximum atomic E-state index is 13.1. The molecule has 1 aliphatic carbocycles. The number of aliphatic carboxylic acids is 1. The van der Waals surface area contributed by atoms with Gasteiger partial charge in [-0.25, -0.2) is 9.18 Å². The molecule has 1 saturated carbocycles. The molecule has 0 saturated heterocycles. The smallest absolute Gasteiger partial charge is 0.333 e. The summed E-state index contributed by atoms with van der Waals surface area (Å²) < 4.78 is 13.1. The Morgan fingerprint density at radius 2 is 1.73 bits per heavy atom. The maximum absolute atomic E-state index is 13.1. The SMILES string of the molecule is CC(NC(=O)CNC(=O)CC1CCCCC1)(C(=O)O)c1ccc(F)cc1. The van der Waals surface area contributed by atoms with E-state index in [0.717, 1.165) is 37.8 Å². The molecule has 0 spiro atoms. The van der Waals surface area contributed by atoms with Gasteiger partial charge in [-0.05, 0) is 43.4 Å². The van der Waals surface area contributed by atoms with Crippen molar-refractivity contribution in [3.63, 3.8) is 0 Å². The summed E-state index contributed by atoms with van der Waals surface area (Å²) in [6, 6.07) is 4.89. The maximum Gasteiger partial charge on any atom is 0.333 e. The van der Waals surface area contributed by atoms with E-state index in [0.29, 0.717) is 12.3 Å². The summed E-state index contributed by atoms with van der Waals surface area (Å²) >= 11 is 0. The van der Waals surface area contributed by atoms with Crippen LogP contribution in [-0.4, -0.2) is 29.4 Å². The van der Waals surface area contributed by atoms with Gasteiger partial charge in [0, 0.05) is 6.42 Å². The fourth-order valence-corrected chi connectivity index (χ4v) is 3.26. The van der Waals surface area contributed by atoms with Crippen LogP contribution in [0.1, 0.15) is 51.0 Å². The molecule has 1 unspecified atom stereocenters. The summed E-state index contributed by atoms with van der Waals surface area (Å²) in [6.07, 6.45) is 5.92. The Balaban J connectivity index is 1.90. The lowest BCUT2D eigenvalue weighted by atomic mass is 9.87. The van der Waals surface area contributed by atoms with E-state index < -0.39 is 23.2 Å². The summed E-state index contributed by atoms with van der Waals surface area (Å²) in [7, 11) is 0. The Kier molecular flexibility index (Phi) is 6.71. The van der Waals surface area contributed by atoms with Gasteiger partial charge < -0.3 is 15.7 Å². The third kappa shape index (κ3) is 5.28. The predicted molar refractivity (Wildman–Crippen MR) is 93.7 cm³/mol. The first-order chi connectivity index (χ1) is 12.3. The van der Waals surface area contributed by atoms with Crippen LogP contribution in [0, 0.1) is 11.7 Å². The Bertz CT molecular complexity index is 656. The Hall–Kier alpha value is -2.44. The Labute approximate surface area is 152 Å². The second-order valence-electron chi connectivity index (χ2n) is 6.97.